The number of fused-ring (bicyclic) bond motifs is 1. The standard InChI is InChI=1S/C30H27ClN4O/c1-18(2)21-10-13-23(14-11-21)35-20(4)26(17-32-35)29-16-25(24-7-5-6-8-27(24)33-29)30(36)34-28-15-22(31)12-9-19(28)3/h5-18H,1-4H3,(H,34,36). The first-order chi connectivity index (χ1) is 17.3. The summed E-state index contributed by atoms with van der Waals surface area (Å²) >= 11 is 6.17. The van der Waals surface area contributed by atoms with Crippen molar-refractivity contribution in [3.63, 3.8) is 0 Å². The summed E-state index contributed by atoms with van der Waals surface area (Å²) in [7, 11) is 0. The number of halogens is 1. The molecule has 36 heavy (non-hydrogen) atoms. The molecule has 0 aliphatic rings. The lowest BCUT2D eigenvalue weighted by Crippen LogP contribution is -2.14. The van der Waals surface area contributed by atoms with Gasteiger partial charge in [-0.15, -0.1) is 0 Å². The highest BCUT2D eigenvalue weighted by Crippen LogP contribution is 2.30. The van der Waals surface area contributed by atoms with Crippen molar-refractivity contribution in [2.45, 2.75) is 33.6 Å². The monoisotopic (exact) mass is 494 g/mol. The molecule has 0 saturated carbocycles. The summed E-state index contributed by atoms with van der Waals surface area (Å²) in [6.45, 7) is 8.32. The Bertz CT molecular complexity index is 1590. The van der Waals surface area contributed by atoms with Crippen LogP contribution in [0.25, 0.3) is 27.8 Å². The Morgan fingerprint density at radius 1 is 0.972 bits per heavy atom. The maximum absolute atomic E-state index is 13.5. The van der Waals surface area contributed by atoms with Gasteiger partial charge in [0.15, 0.2) is 0 Å². The van der Waals surface area contributed by atoms with Gasteiger partial charge < -0.3 is 5.32 Å². The Morgan fingerprint density at radius 2 is 1.72 bits per heavy atom. The third kappa shape index (κ3) is 4.50. The van der Waals surface area contributed by atoms with E-state index in [1.165, 1.54) is 5.56 Å². The lowest BCUT2D eigenvalue weighted by molar-refractivity contribution is 0.102. The summed E-state index contributed by atoms with van der Waals surface area (Å²) < 4.78 is 1.91. The van der Waals surface area contributed by atoms with E-state index >= 15 is 0 Å². The van der Waals surface area contributed by atoms with Gasteiger partial charge in [0, 0.05) is 21.7 Å². The highest BCUT2D eigenvalue weighted by atomic mass is 35.5. The second-order valence-electron chi connectivity index (χ2n) is 9.29. The number of hydrogen-bond donors (Lipinski definition) is 1. The van der Waals surface area contributed by atoms with Gasteiger partial charge in [0.05, 0.1) is 34.4 Å². The van der Waals surface area contributed by atoms with Crippen LogP contribution in [0.2, 0.25) is 5.02 Å². The van der Waals surface area contributed by atoms with Gasteiger partial charge in [-0.2, -0.15) is 5.10 Å². The summed E-state index contributed by atoms with van der Waals surface area (Å²) in [5, 5.41) is 9.02. The highest BCUT2D eigenvalue weighted by molar-refractivity contribution is 6.31. The third-order valence-corrected chi connectivity index (χ3v) is 6.73. The number of anilines is 1. The average Bonchev–Trinajstić information content (AvgIpc) is 3.26. The zero-order chi connectivity index (χ0) is 25.4. The first-order valence-corrected chi connectivity index (χ1v) is 12.3. The fraction of sp³-hybridized carbons (Fsp3) is 0.167. The van der Waals surface area contributed by atoms with E-state index in [0.717, 1.165) is 33.4 Å². The molecule has 0 saturated heterocycles. The van der Waals surface area contributed by atoms with Crippen LogP contribution in [-0.2, 0) is 0 Å². The second-order valence-corrected chi connectivity index (χ2v) is 9.72. The molecule has 1 N–H and O–H groups in total. The number of para-hydroxylation sites is 1. The predicted molar refractivity (Wildman–Crippen MR) is 147 cm³/mol. The van der Waals surface area contributed by atoms with Gasteiger partial charge >= 0.3 is 0 Å². The van der Waals surface area contributed by atoms with E-state index in [-0.39, 0.29) is 5.91 Å². The van der Waals surface area contributed by atoms with E-state index in [4.69, 9.17) is 16.6 Å². The van der Waals surface area contributed by atoms with Crippen LogP contribution in [0.15, 0.2) is 79.0 Å². The molecule has 0 radical (unpaired) electrons. The first-order valence-electron chi connectivity index (χ1n) is 11.9. The molecule has 0 atom stereocenters. The van der Waals surface area contributed by atoms with E-state index in [0.29, 0.717) is 27.9 Å². The van der Waals surface area contributed by atoms with E-state index in [2.05, 4.69) is 48.5 Å². The lowest BCUT2D eigenvalue weighted by Gasteiger charge is -2.12. The molecular weight excluding hydrogens is 468 g/mol. The van der Waals surface area contributed by atoms with E-state index in [9.17, 15) is 4.79 Å². The SMILES string of the molecule is Cc1ccc(Cl)cc1NC(=O)c1cc(-c2cnn(-c3ccc(C(C)C)cc3)c2C)nc2ccccc12. The van der Waals surface area contributed by atoms with Crippen molar-refractivity contribution in [3.8, 4) is 16.9 Å². The number of pyridine rings is 1. The van der Waals surface area contributed by atoms with Gasteiger partial charge in [0.1, 0.15) is 0 Å². The fourth-order valence-electron chi connectivity index (χ4n) is 4.34. The van der Waals surface area contributed by atoms with Crippen LogP contribution in [-0.4, -0.2) is 20.7 Å². The average molecular weight is 495 g/mol. The summed E-state index contributed by atoms with van der Waals surface area (Å²) in [6, 6.07) is 23.4. The van der Waals surface area contributed by atoms with Gasteiger partial charge in [-0.1, -0.05) is 61.8 Å². The number of benzene rings is 3. The van der Waals surface area contributed by atoms with Crippen LogP contribution in [0.3, 0.4) is 0 Å². The normalized spacial score (nSPS) is 11.3. The zero-order valence-electron chi connectivity index (χ0n) is 20.7. The number of rotatable bonds is 5. The molecule has 5 nitrogen and oxygen atoms in total. The largest absolute Gasteiger partial charge is 0.322 e. The minimum atomic E-state index is -0.213. The number of hydrogen-bond acceptors (Lipinski definition) is 3. The molecule has 6 heteroatoms. The van der Waals surface area contributed by atoms with Gasteiger partial charge in [-0.05, 0) is 67.3 Å². The number of nitrogens with zero attached hydrogens (tertiary/aromatic N) is 3. The summed E-state index contributed by atoms with van der Waals surface area (Å²) in [5.41, 5.74) is 7.71. The number of carbonyl (C=O) groups excluding carboxylic acids is 1. The van der Waals surface area contributed by atoms with Crippen LogP contribution in [0.1, 0.15) is 46.9 Å². The Labute approximate surface area is 215 Å². The van der Waals surface area contributed by atoms with E-state index in [1.807, 2.05) is 67.2 Å². The Kier molecular flexibility index (Phi) is 6.33. The second kappa shape index (κ2) is 9.59. The van der Waals surface area contributed by atoms with Crippen LogP contribution in [0.5, 0.6) is 0 Å². The quantitative estimate of drug-likeness (QED) is 0.272. The van der Waals surface area contributed by atoms with Crippen molar-refractivity contribution >= 4 is 34.1 Å². The maximum atomic E-state index is 13.5. The van der Waals surface area contributed by atoms with Gasteiger partial charge in [-0.3, -0.25) is 4.79 Å². The van der Waals surface area contributed by atoms with Crippen molar-refractivity contribution in [2.75, 3.05) is 5.32 Å². The van der Waals surface area contributed by atoms with Gasteiger partial charge in [-0.25, -0.2) is 9.67 Å². The summed E-state index contributed by atoms with van der Waals surface area (Å²) in [6.07, 6.45) is 1.81. The van der Waals surface area contributed by atoms with Gasteiger partial charge in [0.2, 0.25) is 0 Å². The fourth-order valence-corrected chi connectivity index (χ4v) is 4.51. The van der Waals surface area contributed by atoms with Crippen LogP contribution in [0, 0.1) is 13.8 Å². The molecular formula is C30H27ClN4O. The molecule has 0 unspecified atom stereocenters. The van der Waals surface area contributed by atoms with Crippen LogP contribution >= 0.6 is 11.6 Å². The molecule has 0 bridgehead atoms. The maximum Gasteiger partial charge on any atom is 0.256 e. The molecule has 180 valence electrons. The number of aryl methyl sites for hydroxylation is 1. The van der Waals surface area contributed by atoms with Crippen molar-refractivity contribution in [2.24, 2.45) is 0 Å². The molecule has 5 aromatic rings. The number of aromatic nitrogens is 3. The highest BCUT2D eigenvalue weighted by Gasteiger charge is 2.18. The topological polar surface area (TPSA) is 59.8 Å². The molecule has 0 spiro atoms. The summed E-state index contributed by atoms with van der Waals surface area (Å²) in [4.78, 5) is 18.3. The molecule has 5 rings (SSSR count). The minimum Gasteiger partial charge on any atom is -0.322 e. The van der Waals surface area contributed by atoms with Crippen LogP contribution in [0.4, 0.5) is 5.69 Å². The lowest BCUT2D eigenvalue weighted by atomic mass is 10.0. The Morgan fingerprint density at radius 3 is 2.47 bits per heavy atom. The smallest absolute Gasteiger partial charge is 0.256 e. The number of amides is 1. The first kappa shape index (κ1) is 23.8. The molecule has 2 heterocycles. The van der Waals surface area contributed by atoms with Crippen molar-refractivity contribution in [1.82, 2.24) is 14.8 Å². The zero-order valence-corrected chi connectivity index (χ0v) is 21.5. The molecule has 3 aromatic carbocycles. The predicted octanol–water partition coefficient (Wildman–Crippen LogP) is 7.73. The number of carbonyl (C=O) groups is 1. The summed E-state index contributed by atoms with van der Waals surface area (Å²) in [5.74, 6) is 0.255. The van der Waals surface area contributed by atoms with E-state index < -0.39 is 0 Å². The molecule has 0 aliphatic carbocycles. The van der Waals surface area contributed by atoms with E-state index in [1.54, 1.807) is 6.07 Å². The number of nitrogens with one attached hydrogen (secondary N) is 1. The molecule has 1 amide bonds. The minimum absolute atomic E-state index is 0.213. The van der Waals surface area contributed by atoms with Crippen molar-refractivity contribution in [1.29, 1.82) is 0 Å². The molecule has 2 aromatic heterocycles. The van der Waals surface area contributed by atoms with Crippen LogP contribution < -0.4 is 5.32 Å². The third-order valence-electron chi connectivity index (χ3n) is 6.50. The Balaban J connectivity index is 1.57. The van der Waals surface area contributed by atoms with Gasteiger partial charge in [0.25, 0.3) is 5.91 Å². The molecule has 0 aliphatic heterocycles. The Hall–Kier alpha value is -3.96. The van der Waals surface area contributed by atoms with Crippen molar-refractivity contribution in [3.05, 3.63) is 106 Å². The van der Waals surface area contributed by atoms with Crippen molar-refractivity contribution < 1.29 is 4.79 Å². The molecule has 0 fully saturated rings.